The van der Waals surface area contributed by atoms with Crippen LogP contribution < -0.4 is 5.73 Å². The van der Waals surface area contributed by atoms with E-state index in [0.717, 1.165) is 5.56 Å². The summed E-state index contributed by atoms with van der Waals surface area (Å²) in [6.45, 7) is 3.76. The largest absolute Gasteiger partial charge is 0.396 e. The zero-order valence-corrected chi connectivity index (χ0v) is 10.3. The molecule has 1 aromatic rings. The van der Waals surface area contributed by atoms with Crippen LogP contribution in [-0.2, 0) is 0 Å². The van der Waals surface area contributed by atoms with Gasteiger partial charge in [0.25, 0.3) is 0 Å². The molecular weight excluding hydrogens is 224 g/mol. The molecule has 0 spiro atoms. The molecule has 3 N–H and O–H groups in total. The van der Waals surface area contributed by atoms with E-state index in [4.69, 9.17) is 11.0 Å². The van der Waals surface area contributed by atoms with Crippen LogP contribution in [0.15, 0.2) is 24.3 Å². The van der Waals surface area contributed by atoms with Gasteiger partial charge in [0.2, 0.25) is 0 Å². The second kappa shape index (κ2) is 5.86. The van der Waals surface area contributed by atoms with E-state index in [0.29, 0.717) is 5.56 Å². The Morgan fingerprint density at radius 2 is 2.00 bits per heavy atom. The van der Waals surface area contributed by atoms with Crippen LogP contribution in [0.4, 0.5) is 0 Å². The maximum atomic E-state index is 9.23. The Balaban J connectivity index is 0.00000225. The summed E-state index contributed by atoms with van der Waals surface area (Å²) < 4.78 is 0. The summed E-state index contributed by atoms with van der Waals surface area (Å²) >= 11 is 0. The van der Waals surface area contributed by atoms with Crippen LogP contribution in [0.25, 0.3) is 0 Å². The molecule has 0 aromatic heterocycles. The molecule has 0 heterocycles. The van der Waals surface area contributed by atoms with Gasteiger partial charge in [-0.3, -0.25) is 0 Å². The Hall–Kier alpha value is -1.08. The average Bonchev–Trinajstić information content (AvgIpc) is 2.28. The third kappa shape index (κ3) is 2.96. The summed E-state index contributed by atoms with van der Waals surface area (Å²) in [6.07, 6.45) is 0. The van der Waals surface area contributed by atoms with Crippen molar-refractivity contribution >= 4 is 12.4 Å². The summed E-state index contributed by atoms with van der Waals surface area (Å²) in [7, 11) is 0. The predicted molar refractivity (Wildman–Crippen MR) is 66.2 cm³/mol. The minimum Gasteiger partial charge on any atom is -0.396 e. The minimum atomic E-state index is -0.424. The summed E-state index contributed by atoms with van der Waals surface area (Å²) in [5, 5.41) is 18.2. The quantitative estimate of drug-likeness (QED) is 0.849. The number of rotatable bonds is 3. The summed E-state index contributed by atoms with van der Waals surface area (Å²) in [5.74, 6) is 0. The molecule has 0 amide bonds. The molecule has 1 aromatic carbocycles. The number of nitrogens with two attached hydrogens (primary N) is 1. The maximum absolute atomic E-state index is 9.23. The number of nitrogens with zero attached hydrogens (tertiary/aromatic N) is 1. The van der Waals surface area contributed by atoms with Crippen LogP contribution in [0.2, 0.25) is 0 Å². The van der Waals surface area contributed by atoms with Crippen molar-refractivity contribution in [3.63, 3.8) is 0 Å². The zero-order chi connectivity index (χ0) is 11.5. The molecule has 0 aliphatic rings. The van der Waals surface area contributed by atoms with Crippen molar-refractivity contribution in [2.45, 2.75) is 19.9 Å². The van der Waals surface area contributed by atoms with E-state index >= 15 is 0 Å². The number of halogens is 1. The number of aliphatic hydroxyl groups is 1. The second-order valence-corrected chi connectivity index (χ2v) is 4.32. The number of nitriles is 1. The first kappa shape index (κ1) is 14.9. The molecule has 3 nitrogen and oxygen atoms in total. The van der Waals surface area contributed by atoms with Gasteiger partial charge in [0.05, 0.1) is 11.6 Å². The van der Waals surface area contributed by atoms with Gasteiger partial charge >= 0.3 is 0 Å². The van der Waals surface area contributed by atoms with E-state index in [1.54, 1.807) is 12.1 Å². The molecule has 0 aliphatic carbocycles. The van der Waals surface area contributed by atoms with Crippen LogP contribution in [0, 0.1) is 16.7 Å². The molecule has 1 atom stereocenters. The van der Waals surface area contributed by atoms with E-state index in [-0.39, 0.29) is 25.1 Å². The Morgan fingerprint density at radius 3 is 2.50 bits per heavy atom. The third-order valence-electron chi connectivity index (χ3n) is 2.67. The van der Waals surface area contributed by atoms with Gasteiger partial charge < -0.3 is 10.8 Å². The summed E-state index contributed by atoms with van der Waals surface area (Å²) in [4.78, 5) is 0. The van der Waals surface area contributed by atoms with Crippen molar-refractivity contribution in [2.75, 3.05) is 6.61 Å². The molecule has 0 saturated heterocycles. The van der Waals surface area contributed by atoms with Crippen LogP contribution in [0.5, 0.6) is 0 Å². The molecule has 0 radical (unpaired) electrons. The molecule has 0 unspecified atom stereocenters. The number of aliphatic hydroxyl groups excluding tert-OH is 1. The highest BCUT2D eigenvalue weighted by Gasteiger charge is 2.28. The Labute approximate surface area is 102 Å². The molecule has 0 fully saturated rings. The van der Waals surface area contributed by atoms with Crippen molar-refractivity contribution in [1.82, 2.24) is 0 Å². The Kier molecular flexibility index (Phi) is 5.46. The fourth-order valence-corrected chi connectivity index (χ4v) is 1.39. The van der Waals surface area contributed by atoms with Gasteiger partial charge in [-0.1, -0.05) is 32.0 Å². The van der Waals surface area contributed by atoms with E-state index in [1.807, 2.05) is 26.0 Å². The van der Waals surface area contributed by atoms with Crippen molar-refractivity contribution in [1.29, 1.82) is 5.26 Å². The van der Waals surface area contributed by atoms with Crippen molar-refractivity contribution < 1.29 is 5.11 Å². The van der Waals surface area contributed by atoms with E-state index in [2.05, 4.69) is 6.07 Å². The van der Waals surface area contributed by atoms with Crippen molar-refractivity contribution in [3.8, 4) is 6.07 Å². The lowest BCUT2D eigenvalue weighted by Gasteiger charge is -2.30. The highest BCUT2D eigenvalue weighted by atomic mass is 35.5. The third-order valence-corrected chi connectivity index (χ3v) is 2.67. The van der Waals surface area contributed by atoms with Crippen LogP contribution in [-0.4, -0.2) is 11.7 Å². The molecule has 0 aliphatic heterocycles. The van der Waals surface area contributed by atoms with E-state index < -0.39 is 5.41 Å². The van der Waals surface area contributed by atoms with Gasteiger partial charge in [-0.2, -0.15) is 5.26 Å². The normalized spacial score (nSPS) is 12.4. The fraction of sp³-hybridized carbons (Fsp3) is 0.417. The minimum absolute atomic E-state index is 0. The molecule has 0 saturated carbocycles. The number of hydrogen-bond acceptors (Lipinski definition) is 3. The molecule has 16 heavy (non-hydrogen) atoms. The Morgan fingerprint density at radius 1 is 1.44 bits per heavy atom. The van der Waals surface area contributed by atoms with Crippen molar-refractivity contribution in [3.05, 3.63) is 35.4 Å². The predicted octanol–water partition coefficient (Wildman–Crippen LogP) is 2.00. The maximum Gasteiger partial charge on any atom is 0.0995 e. The lowest BCUT2D eigenvalue weighted by molar-refractivity contribution is 0.132. The first-order valence-electron chi connectivity index (χ1n) is 4.88. The van der Waals surface area contributed by atoms with Gasteiger partial charge in [-0.05, 0) is 11.6 Å². The second-order valence-electron chi connectivity index (χ2n) is 4.32. The zero-order valence-electron chi connectivity index (χ0n) is 9.47. The topological polar surface area (TPSA) is 70.0 Å². The van der Waals surface area contributed by atoms with Gasteiger partial charge in [-0.15, -0.1) is 12.4 Å². The monoisotopic (exact) mass is 240 g/mol. The standard InChI is InChI=1S/C12H16N2O.ClH/c1-12(2,8-15)11(14)10-6-4-3-5-9(10)7-13;/h3-6,11,15H,8,14H2,1-2H3;1H/t11-;/m1./s1. The van der Waals surface area contributed by atoms with Gasteiger partial charge in [0, 0.05) is 18.1 Å². The highest BCUT2D eigenvalue weighted by Crippen LogP contribution is 2.32. The molecule has 4 heteroatoms. The lowest BCUT2D eigenvalue weighted by atomic mass is 9.80. The fourth-order valence-electron chi connectivity index (χ4n) is 1.39. The molecule has 0 bridgehead atoms. The first-order chi connectivity index (χ1) is 7.03. The van der Waals surface area contributed by atoms with Gasteiger partial charge in [-0.25, -0.2) is 0 Å². The number of hydrogen-bond donors (Lipinski definition) is 2. The van der Waals surface area contributed by atoms with Crippen molar-refractivity contribution in [2.24, 2.45) is 11.1 Å². The van der Waals surface area contributed by atoms with Gasteiger partial charge in [0.15, 0.2) is 0 Å². The molecule has 1 rings (SSSR count). The van der Waals surface area contributed by atoms with Crippen LogP contribution >= 0.6 is 12.4 Å². The summed E-state index contributed by atoms with van der Waals surface area (Å²) in [6, 6.07) is 9.01. The molecular formula is C12H17ClN2O. The number of benzene rings is 1. The highest BCUT2D eigenvalue weighted by molar-refractivity contribution is 5.85. The van der Waals surface area contributed by atoms with E-state index in [9.17, 15) is 5.11 Å². The Bertz CT molecular complexity index is 385. The van der Waals surface area contributed by atoms with Crippen LogP contribution in [0.1, 0.15) is 31.0 Å². The molecule has 88 valence electrons. The SMILES string of the molecule is CC(C)(CO)[C@H](N)c1ccccc1C#N.Cl. The first-order valence-corrected chi connectivity index (χ1v) is 4.88. The van der Waals surface area contributed by atoms with Crippen LogP contribution in [0.3, 0.4) is 0 Å². The summed E-state index contributed by atoms with van der Waals surface area (Å²) in [5.41, 5.74) is 6.99. The lowest BCUT2D eigenvalue weighted by Crippen LogP contribution is -2.32. The average molecular weight is 241 g/mol. The van der Waals surface area contributed by atoms with Gasteiger partial charge in [0.1, 0.15) is 0 Å². The smallest absolute Gasteiger partial charge is 0.0995 e. The van der Waals surface area contributed by atoms with E-state index in [1.165, 1.54) is 0 Å².